The van der Waals surface area contributed by atoms with E-state index in [9.17, 15) is 13.6 Å². The van der Waals surface area contributed by atoms with Gasteiger partial charge in [-0.1, -0.05) is 19.8 Å². The van der Waals surface area contributed by atoms with Crippen LogP contribution in [0.4, 0.5) is 8.78 Å². The Kier molecular flexibility index (Phi) is 4.69. The maximum absolute atomic E-state index is 13.1. The maximum Gasteiger partial charge on any atom is 0.375 e. The summed E-state index contributed by atoms with van der Waals surface area (Å²) >= 11 is 1.65. The van der Waals surface area contributed by atoms with E-state index in [1.54, 1.807) is 22.6 Å². The first-order valence-corrected chi connectivity index (χ1v) is 5.82. The molecule has 0 aromatic carbocycles. The second-order valence-corrected chi connectivity index (χ2v) is 4.29. The molecule has 0 amide bonds. The third-order valence-electron chi connectivity index (χ3n) is 2.03. The molecule has 5 heteroatoms. The number of unbranched alkanes of at least 4 members (excludes halogenated alkanes) is 2. The monoisotopic (exact) mass is 328 g/mol. The summed E-state index contributed by atoms with van der Waals surface area (Å²) < 4.78 is 30.7. The highest BCUT2D eigenvalue weighted by Gasteiger charge is 2.17. The average molecular weight is 328 g/mol. The van der Waals surface area contributed by atoms with Crippen molar-refractivity contribution in [2.45, 2.75) is 32.6 Å². The largest absolute Gasteiger partial charge is 0.424 e. The van der Waals surface area contributed by atoms with Gasteiger partial charge >= 0.3 is 5.63 Å². The molecule has 2 nitrogen and oxygen atoms in total. The van der Waals surface area contributed by atoms with Crippen molar-refractivity contribution in [2.75, 3.05) is 0 Å². The minimum absolute atomic E-state index is 0.0702. The van der Waals surface area contributed by atoms with Crippen LogP contribution in [0.3, 0.4) is 0 Å². The van der Waals surface area contributed by atoms with E-state index in [2.05, 4.69) is 4.42 Å². The second-order valence-electron chi connectivity index (χ2n) is 3.21. The second kappa shape index (κ2) is 5.58. The van der Waals surface area contributed by atoms with Crippen LogP contribution in [0.25, 0.3) is 0 Å². The van der Waals surface area contributed by atoms with Crippen LogP contribution in [0.5, 0.6) is 0 Å². The molecule has 0 saturated heterocycles. The quantitative estimate of drug-likeness (QED) is 0.627. The predicted octanol–water partition coefficient (Wildman–Crippen LogP) is 3.26. The van der Waals surface area contributed by atoms with Crippen molar-refractivity contribution in [1.29, 1.82) is 0 Å². The van der Waals surface area contributed by atoms with Crippen molar-refractivity contribution in [3.05, 3.63) is 31.4 Å². The normalized spacial score (nSPS) is 10.7. The van der Waals surface area contributed by atoms with Gasteiger partial charge in [-0.15, -0.1) is 0 Å². The fraction of sp³-hybridized carbons (Fsp3) is 0.500. The molecule has 0 fully saturated rings. The molecule has 1 aromatic rings. The van der Waals surface area contributed by atoms with E-state index in [0.717, 1.165) is 19.3 Å². The molecular weight excluding hydrogens is 317 g/mol. The van der Waals surface area contributed by atoms with E-state index in [1.165, 1.54) is 0 Å². The number of aryl methyl sites for hydroxylation is 1. The van der Waals surface area contributed by atoms with E-state index in [-0.39, 0.29) is 9.33 Å². The van der Waals surface area contributed by atoms with Gasteiger partial charge in [0.2, 0.25) is 5.82 Å². The zero-order chi connectivity index (χ0) is 11.4. The van der Waals surface area contributed by atoms with E-state index in [1.807, 2.05) is 6.92 Å². The summed E-state index contributed by atoms with van der Waals surface area (Å²) in [6.07, 6.45) is 3.27. The van der Waals surface area contributed by atoms with Crippen molar-refractivity contribution in [3.63, 3.8) is 0 Å². The molecule has 0 saturated carbocycles. The summed E-state index contributed by atoms with van der Waals surface area (Å²) in [5, 5.41) is 0. The van der Waals surface area contributed by atoms with Crippen LogP contribution < -0.4 is 5.63 Å². The lowest BCUT2D eigenvalue weighted by molar-refractivity contribution is 0.373. The zero-order valence-electron chi connectivity index (χ0n) is 8.28. The smallest absolute Gasteiger partial charge is 0.375 e. The van der Waals surface area contributed by atoms with Gasteiger partial charge in [-0.2, -0.15) is 4.39 Å². The molecule has 0 atom stereocenters. The van der Waals surface area contributed by atoms with Gasteiger partial charge in [-0.3, -0.25) is 0 Å². The standard InChI is InChI=1S/C10H11F2IO2/c1-2-3-4-5-6-9(13)7(11)8(12)10(14)15-6/h2-5H2,1H3. The molecule has 0 bridgehead atoms. The lowest BCUT2D eigenvalue weighted by atomic mass is 10.1. The van der Waals surface area contributed by atoms with E-state index in [4.69, 9.17) is 0 Å². The fourth-order valence-corrected chi connectivity index (χ4v) is 1.82. The molecule has 0 aliphatic rings. The fourth-order valence-electron chi connectivity index (χ4n) is 1.21. The molecule has 1 heterocycles. The molecular formula is C10H11F2IO2. The minimum Gasteiger partial charge on any atom is -0.424 e. The van der Waals surface area contributed by atoms with Crippen molar-refractivity contribution in [1.82, 2.24) is 0 Å². The van der Waals surface area contributed by atoms with Crippen LogP contribution in [-0.4, -0.2) is 0 Å². The summed E-state index contributed by atoms with van der Waals surface area (Å²) in [6.45, 7) is 2.03. The van der Waals surface area contributed by atoms with Gasteiger partial charge in [0.1, 0.15) is 5.76 Å². The Morgan fingerprint density at radius 1 is 1.27 bits per heavy atom. The third-order valence-corrected chi connectivity index (χ3v) is 3.11. The Bertz CT molecular complexity index is 401. The summed E-state index contributed by atoms with van der Waals surface area (Å²) in [4.78, 5) is 10.9. The van der Waals surface area contributed by atoms with Gasteiger partial charge in [0.15, 0.2) is 5.82 Å². The Balaban J connectivity index is 2.94. The first-order valence-electron chi connectivity index (χ1n) is 4.74. The Labute approximate surface area is 99.8 Å². The summed E-state index contributed by atoms with van der Waals surface area (Å²) in [6, 6.07) is 0. The van der Waals surface area contributed by atoms with Gasteiger partial charge < -0.3 is 4.42 Å². The van der Waals surface area contributed by atoms with Gasteiger partial charge in [0, 0.05) is 6.42 Å². The highest BCUT2D eigenvalue weighted by Crippen LogP contribution is 2.18. The SMILES string of the molecule is CCCCCc1oc(=O)c(F)c(F)c1I. The summed E-state index contributed by atoms with van der Waals surface area (Å²) in [5.41, 5.74) is -1.22. The highest BCUT2D eigenvalue weighted by molar-refractivity contribution is 14.1. The lowest BCUT2D eigenvalue weighted by Gasteiger charge is -2.03. The van der Waals surface area contributed by atoms with Crippen LogP contribution in [-0.2, 0) is 6.42 Å². The number of halogens is 3. The van der Waals surface area contributed by atoms with Crippen LogP contribution in [0.1, 0.15) is 31.9 Å². The molecule has 0 radical (unpaired) electrons. The molecule has 84 valence electrons. The molecule has 0 aliphatic carbocycles. The number of rotatable bonds is 4. The van der Waals surface area contributed by atoms with Crippen LogP contribution in [0.15, 0.2) is 9.21 Å². The Morgan fingerprint density at radius 3 is 2.53 bits per heavy atom. The molecule has 0 spiro atoms. The average Bonchev–Trinajstić information content (AvgIpc) is 2.23. The maximum atomic E-state index is 13.1. The van der Waals surface area contributed by atoms with Crippen molar-refractivity contribution < 1.29 is 13.2 Å². The zero-order valence-corrected chi connectivity index (χ0v) is 10.4. The lowest BCUT2D eigenvalue weighted by Crippen LogP contribution is -2.12. The van der Waals surface area contributed by atoms with Crippen molar-refractivity contribution >= 4 is 22.6 Å². The molecule has 0 N–H and O–H groups in total. The Morgan fingerprint density at radius 2 is 1.93 bits per heavy atom. The van der Waals surface area contributed by atoms with Gasteiger partial charge in [-0.05, 0) is 29.0 Å². The first kappa shape index (κ1) is 12.6. The predicted molar refractivity (Wildman–Crippen MR) is 60.8 cm³/mol. The van der Waals surface area contributed by atoms with Gasteiger partial charge in [-0.25, -0.2) is 9.18 Å². The van der Waals surface area contributed by atoms with Crippen molar-refractivity contribution in [3.8, 4) is 0 Å². The first-order chi connectivity index (χ1) is 7.07. The molecule has 15 heavy (non-hydrogen) atoms. The van der Waals surface area contributed by atoms with Gasteiger partial charge in [0.25, 0.3) is 0 Å². The molecule has 1 aromatic heterocycles. The van der Waals surface area contributed by atoms with Crippen molar-refractivity contribution in [2.24, 2.45) is 0 Å². The summed E-state index contributed by atoms with van der Waals surface area (Å²) in [7, 11) is 0. The van der Waals surface area contributed by atoms with Gasteiger partial charge in [0.05, 0.1) is 3.57 Å². The van der Waals surface area contributed by atoms with Crippen LogP contribution in [0.2, 0.25) is 0 Å². The molecule has 1 rings (SSSR count). The molecule has 0 unspecified atom stereocenters. The van der Waals surface area contributed by atoms with E-state index >= 15 is 0 Å². The van der Waals surface area contributed by atoms with E-state index < -0.39 is 17.3 Å². The third kappa shape index (κ3) is 2.99. The Hall–Kier alpha value is -0.460. The topological polar surface area (TPSA) is 30.2 Å². The van der Waals surface area contributed by atoms with Crippen LogP contribution >= 0.6 is 22.6 Å². The minimum atomic E-state index is -1.43. The highest BCUT2D eigenvalue weighted by atomic mass is 127. The molecule has 0 aliphatic heterocycles. The van der Waals surface area contributed by atoms with Crippen LogP contribution in [0, 0.1) is 15.2 Å². The number of hydrogen-bond donors (Lipinski definition) is 0. The summed E-state index contributed by atoms with van der Waals surface area (Å²) in [5.74, 6) is -2.29. The number of hydrogen-bond acceptors (Lipinski definition) is 2. The van der Waals surface area contributed by atoms with E-state index in [0.29, 0.717) is 6.42 Å².